The molecule has 0 saturated heterocycles. The fourth-order valence-electron chi connectivity index (χ4n) is 2.06. The predicted molar refractivity (Wildman–Crippen MR) is 85.7 cm³/mol. The van der Waals surface area contributed by atoms with Crippen LogP contribution < -0.4 is 10.1 Å². The Morgan fingerprint density at radius 1 is 1.19 bits per heavy atom. The molecule has 1 N–H and O–H groups in total. The van der Waals surface area contributed by atoms with Gasteiger partial charge in [-0.25, -0.2) is 4.79 Å². The van der Waals surface area contributed by atoms with Crippen molar-refractivity contribution in [2.45, 2.75) is 46.1 Å². The van der Waals surface area contributed by atoms with Crippen molar-refractivity contribution < 1.29 is 14.3 Å². The molecule has 0 saturated carbocycles. The molecule has 0 aliphatic heterocycles. The van der Waals surface area contributed by atoms with Crippen LogP contribution in [0.4, 0.5) is 5.69 Å². The van der Waals surface area contributed by atoms with Gasteiger partial charge in [-0.3, -0.25) is 0 Å². The van der Waals surface area contributed by atoms with Crippen LogP contribution in [0.3, 0.4) is 0 Å². The van der Waals surface area contributed by atoms with Crippen molar-refractivity contribution in [3.05, 3.63) is 24.3 Å². The molecule has 1 rings (SSSR count). The quantitative estimate of drug-likeness (QED) is 0.702. The van der Waals surface area contributed by atoms with Gasteiger partial charge in [0.15, 0.2) is 6.61 Å². The van der Waals surface area contributed by atoms with Crippen LogP contribution in [0.1, 0.15) is 40.0 Å². The van der Waals surface area contributed by atoms with Gasteiger partial charge in [-0.05, 0) is 43.0 Å². The number of benzene rings is 1. The number of carbonyl (C=O) groups excluding carboxylic acids is 1. The summed E-state index contributed by atoms with van der Waals surface area (Å²) in [5.74, 6) is 1.02. The lowest BCUT2D eigenvalue weighted by Gasteiger charge is -2.21. The Morgan fingerprint density at radius 2 is 1.86 bits per heavy atom. The molecule has 0 fully saturated rings. The molecule has 0 aliphatic rings. The second-order valence-corrected chi connectivity index (χ2v) is 5.39. The molecule has 2 unspecified atom stereocenters. The highest BCUT2D eigenvalue weighted by Crippen LogP contribution is 2.20. The number of methoxy groups -OCH3 is 1. The molecule has 4 heteroatoms. The summed E-state index contributed by atoms with van der Waals surface area (Å²) in [6.45, 7) is 6.65. The minimum absolute atomic E-state index is 0.0606. The van der Waals surface area contributed by atoms with E-state index in [1.807, 2.05) is 24.3 Å². The Morgan fingerprint density at radius 3 is 2.38 bits per heavy atom. The summed E-state index contributed by atoms with van der Waals surface area (Å²) < 4.78 is 9.86. The van der Waals surface area contributed by atoms with Crippen molar-refractivity contribution in [1.29, 1.82) is 0 Å². The number of esters is 1. The molecule has 0 amide bonds. The molecular formula is C17H27NO3. The van der Waals surface area contributed by atoms with Crippen molar-refractivity contribution in [3.8, 4) is 5.75 Å². The zero-order valence-corrected chi connectivity index (χ0v) is 13.5. The average Bonchev–Trinajstić information content (AvgIpc) is 2.52. The van der Waals surface area contributed by atoms with Gasteiger partial charge in [0, 0.05) is 11.7 Å². The van der Waals surface area contributed by atoms with E-state index in [4.69, 9.17) is 4.74 Å². The minimum Gasteiger partial charge on any atom is -0.482 e. The standard InChI is InChI=1S/C17H27NO3/c1-5-13(3)11-14(6-2)18-15-7-9-16(10-8-15)21-12-17(19)20-4/h7-10,13-14,18H,5-6,11-12H2,1-4H3. The van der Waals surface area contributed by atoms with Gasteiger partial charge in [0.1, 0.15) is 5.75 Å². The first-order valence-corrected chi connectivity index (χ1v) is 7.65. The van der Waals surface area contributed by atoms with Crippen molar-refractivity contribution in [3.63, 3.8) is 0 Å². The Bertz CT molecular complexity index is 417. The molecule has 0 aromatic heterocycles. The van der Waals surface area contributed by atoms with Crippen molar-refractivity contribution >= 4 is 11.7 Å². The van der Waals surface area contributed by atoms with Crippen molar-refractivity contribution in [2.24, 2.45) is 5.92 Å². The van der Waals surface area contributed by atoms with Crippen LogP contribution in [0.25, 0.3) is 0 Å². The van der Waals surface area contributed by atoms with Gasteiger partial charge in [0.05, 0.1) is 7.11 Å². The molecule has 1 aromatic carbocycles. The van der Waals surface area contributed by atoms with E-state index < -0.39 is 0 Å². The van der Waals surface area contributed by atoms with Gasteiger partial charge in [0.25, 0.3) is 0 Å². The maximum Gasteiger partial charge on any atom is 0.343 e. The molecule has 1 aromatic rings. The first-order valence-electron chi connectivity index (χ1n) is 7.65. The zero-order chi connectivity index (χ0) is 15.7. The second kappa shape index (κ2) is 9.27. The van der Waals surface area contributed by atoms with Crippen LogP contribution in [0.5, 0.6) is 5.75 Å². The van der Waals surface area contributed by atoms with E-state index in [1.54, 1.807) is 0 Å². The Hall–Kier alpha value is -1.71. The van der Waals surface area contributed by atoms with E-state index >= 15 is 0 Å². The highest BCUT2D eigenvalue weighted by atomic mass is 16.6. The maximum absolute atomic E-state index is 11.0. The highest BCUT2D eigenvalue weighted by Gasteiger charge is 2.10. The summed E-state index contributed by atoms with van der Waals surface area (Å²) in [6, 6.07) is 8.17. The summed E-state index contributed by atoms with van der Waals surface area (Å²) in [5.41, 5.74) is 1.08. The van der Waals surface area contributed by atoms with E-state index in [9.17, 15) is 4.79 Å². The van der Waals surface area contributed by atoms with E-state index in [1.165, 1.54) is 20.0 Å². The number of rotatable bonds is 9. The molecule has 21 heavy (non-hydrogen) atoms. The zero-order valence-electron chi connectivity index (χ0n) is 13.5. The molecule has 0 spiro atoms. The van der Waals surface area contributed by atoms with Gasteiger partial charge < -0.3 is 14.8 Å². The Balaban J connectivity index is 2.50. The van der Waals surface area contributed by atoms with Gasteiger partial charge in [0.2, 0.25) is 0 Å². The number of nitrogens with one attached hydrogen (secondary N) is 1. The summed E-state index contributed by atoms with van der Waals surface area (Å²) in [4.78, 5) is 11.0. The highest BCUT2D eigenvalue weighted by molar-refractivity contribution is 5.70. The van der Waals surface area contributed by atoms with Crippen molar-refractivity contribution in [1.82, 2.24) is 0 Å². The van der Waals surface area contributed by atoms with E-state index in [-0.39, 0.29) is 12.6 Å². The number of ether oxygens (including phenoxy) is 2. The predicted octanol–water partition coefficient (Wildman–Crippen LogP) is 3.87. The topological polar surface area (TPSA) is 47.6 Å². The van der Waals surface area contributed by atoms with Crippen molar-refractivity contribution in [2.75, 3.05) is 19.0 Å². The molecule has 118 valence electrons. The number of anilines is 1. The molecule has 0 bridgehead atoms. The third-order valence-corrected chi connectivity index (χ3v) is 3.69. The third-order valence-electron chi connectivity index (χ3n) is 3.69. The average molecular weight is 293 g/mol. The van der Waals surface area contributed by atoms with Crippen LogP contribution in [-0.2, 0) is 9.53 Å². The van der Waals surface area contributed by atoms with Crippen LogP contribution in [0.2, 0.25) is 0 Å². The molecule has 0 heterocycles. The van der Waals surface area contributed by atoms with E-state index in [0.717, 1.165) is 18.0 Å². The monoisotopic (exact) mass is 293 g/mol. The largest absolute Gasteiger partial charge is 0.482 e. The SMILES string of the molecule is CCC(C)CC(CC)Nc1ccc(OCC(=O)OC)cc1. The first-order chi connectivity index (χ1) is 10.1. The molecule has 0 aliphatic carbocycles. The number of hydrogen-bond donors (Lipinski definition) is 1. The third kappa shape index (κ3) is 6.52. The minimum atomic E-state index is -0.378. The lowest BCUT2D eigenvalue weighted by Crippen LogP contribution is -2.21. The summed E-state index contributed by atoms with van der Waals surface area (Å²) >= 11 is 0. The van der Waals surface area contributed by atoms with E-state index in [2.05, 4.69) is 30.8 Å². The second-order valence-electron chi connectivity index (χ2n) is 5.39. The smallest absolute Gasteiger partial charge is 0.343 e. The molecule has 4 nitrogen and oxygen atoms in total. The number of hydrogen-bond acceptors (Lipinski definition) is 4. The van der Waals surface area contributed by atoms with Crippen LogP contribution in [-0.4, -0.2) is 25.7 Å². The van der Waals surface area contributed by atoms with Gasteiger partial charge in [-0.2, -0.15) is 0 Å². The number of carbonyl (C=O) groups is 1. The normalized spacial score (nSPS) is 13.3. The first kappa shape index (κ1) is 17.3. The lowest BCUT2D eigenvalue weighted by atomic mass is 9.97. The lowest BCUT2D eigenvalue weighted by molar-refractivity contribution is -0.142. The molecular weight excluding hydrogens is 266 g/mol. The van der Waals surface area contributed by atoms with Crippen LogP contribution in [0.15, 0.2) is 24.3 Å². The Kier molecular flexibility index (Phi) is 7.65. The summed E-state index contributed by atoms with van der Waals surface area (Å²) in [7, 11) is 1.35. The van der Waals surface area contributed by atoms with Gasteiger partial charge in [-0.15, -0.1) is 0 Å². The summed E-state index contributed by atoms with van der Waals surface area (Å²) in [5, 5.41) is 3.55. The van der Waals surface area contributed by atoms with E-state index in [0.29, 0.717) is 11.8 Å². The van der Waals surface area contributed by atoms with Crippen LogP contribution >= 0.6 is 0 Å². The Labute approximate surface area is 127 Å². The molecule has 0 radical (unpaired) electrons. The van der Waals surface area contributed by atoms with Gasteiger partial charge >= 0.3 is 5.97 Å². The summed E-state index contributed by atoms with van der Waals surface area (Å²) in [6.07, 6.45) is 3.48. The van der Waals surface area contributed by atoms with Gasteiger partial charge in [-0.1, -0.05) is 27.2 Å². The molecule has 2 atom stereocenters. The maximum atomic E-state index is 11.0. The fraction of sp³-hybridized carbons (Fsp3) is 0.588. The van der Waals surface area contributed by atoms with Crippen LogP contribution in [0, 0.1) is 5.92 Å². The fourth-order valence-corrected chi connectivity index (χ4v) is 2.06.